The fourth-order valence-corrected chi connectivity index (χ4v) is 1.95. The highest BCUT2D eigenvalue weighted by Crippen LogP contribution is 2.17. The molecule has 122 valence electrons. The van der Waals surface area contributed by atoms with Gasteiger partial charge in [0.05, 0.1) is 17.4 Å². The molecule has 2 amide bonds. The summed E-state index contributed by atoms with van der Waals surface area (Å²) in [4.78, 5) is 23.7. The molecular formula is C17H22N4O2. The van der Waals surface area contributed by atoms with Gasteiger partial charge in [0.2, 0.25) is 5.91 Å². The first-order valence-electron chi connectivity index (χ1n) is 7.56. The molecule has 6 heteroatoms. The molecule has 0 bridgehead atoms. The van der Waals surface area contributed by atoms with E-state index in [2.05, 4.69) is 15.7 Å². The van der Waals surface area contributed by atoms with Crippen molar-refractivity contribution in [3.05, 3.63) is 42.2 Å². The molecule has 0 spiro atoms. The number of carbonyl (C=O) groups excluding carboxylic acids is 2. The lowest BCUT2D eigenvalue weighted by molar-refractivity contribution is -0.115. The lowest BCUT2D eigenvalue weighted by Crippen LogP contribution is -2.22. The number of nitrogens with one attached hydrogen (secondary N) is 2. The average molecular weight is 314 g/mol. The van der Waals surface area contributed by atoms with Gasteiger partial charge in [-0.1, -0.05) is 13.0 Å². The second-order valence-electron chi connectivity index (χ2n) is 6.28. The van der Waals surface area contributed by atoms with E-state index in [-0.39, 0.29) is 17.4 Å². The minimum Gasteiger partial charge on any atom is -0.326 e. The van der Waals surface area contributed by atoms with Gasteiger partial charge in [0, 0.05) is 23.9 Å². The molecular weight excluding hydrogens is 292 g/mol. The van der Waals surface area contributed by atoms with Gasteiger partial charge in [-0.15, -0.1) is 0 Å². The molecule has 2 aromatic rings. The van der Waals surface area contributed by atoms with Gasteiger partial charge < -0.3 is 10.6 Å². The molecule has 0 aliphatic carbocycles. The summed E-state index contributed by atoms with van der Waals surface area (Å²) in [5.41, 5.74) is 1.57. The predicted octanol–water partition coefficient (Wildman–Crippen LogP) is 3.24. The standard InChI is InChI=1S/C17H22N4O2/c1-5-15(22)19-13-8-6-7-12(9-13)16(23)20-14-10-18-21(11-14)17(2,3)4/h6-11H,5H2,1-4H3,(H,19,22)(H,20,23). The monoisotopic (exact) mass is 314 g/mol. The summed E-state index contributed by atoms with van der Waals surface area (Å²) in [6.07, 6.45) is 3.80. The van der Waals surface area contributed by atoms with Crippen molar-refractivity contribution in [1.29, 1.82) is 0 Å². The lowest BCUT2D eigenvalue weighted by atomic mass is 10.1. The van der Waals surface area contributed by atoms with Gasteiger partial charge in [-0.05, 0) is 39.0 Å². The molecule has 0 aliphatic heterocycles. The summed E-state index contributed by atoms with van der Waals surface area (Å²) in [6, 6.07) is 6.84. The fraction of sp³-hybridized carbons (Fsp3) is 0.353. The van der Waals surface area contributed by atoms with E-state index in [0.717, 1.165) is 0 Å². The maximum absolute atomic E-state index is 12.3. The second-order valence-corrected chi connectivity index (χ2v) is 6.28. The zero-order valence-electron chi connectivity index (χ0n) is 13.9. The minimum atomic E-state index is -0.244. The number of rotatable bonds is 4. The highest BCUT2D eigenvalue weighted by Gasteiger charge is 2.15. The minimum absolute atomic E-state index is 0.0889. The van der Waals surface area contributed by atoms with Crippen molar-refractivity contribution in [1.82, 2.24) is 9.78 Å². The van der Waals surface area contributed by atoms with Crippen molar-refractivity contribution in [2.75, 3.05) is 10.6 Å². The van der Waals surface area contributed by atoms with Gasteiger partial charge in [-0.2, -0.15) is 5.10 Å². The first-order valence-corrected chi connectivity index (χ1v) is 7.56. The topological polar surface area (TPSA) is 76.0 Å². The normalized spacial score (nSPS) is 11.1. The van der Waals surface area contributed by atoms with Gasteiger partial charge in [0.1, 0.15) is 0 Å². The van der Waals surface area contributed by atoms with E-state index in [0.29, 0.717) is 23.4 Å². The summed E-state index contributed by atoms with van der Waals surface area (Å²) in [7, 11) is 0. The van der Waals surface area contributed by atoms with Crippen molar-refractivity contribution in [2.24, 2.45) is 0 Å². The van der Waals surface area contributed by atoms with E-state index in [1.54, 1.807) is 48.3 Å². The highest BCUT2D eigenvalue weighted by molar-refractivity contribution is 6.05. The van der Waals surface area contributed by atoms with E-state index in [9.17, 15) is 9.59 Å². The van der Waals surface area contributed by atoms with Crippen LogP contribution in [0, 0.1) is 0 Å². The van der Waals surface area contributed by atoms with Crippen molar-refractivity contribution in [3.8, 4) is 0 Å². The number of benzene rings is 1. The Hall–Kier alpha value is -2.63. The van der Waals surface area contributed by atoms with Gasteiger partial charge in [0.25, 0.3) is 5.91 Å². The number of anilines is 2. The molecule has 23 heavy (non-hydrogen) atoms. The van der Waals surface area contributed by atoms with Crippen molar-refractivity contribution in [2.45, 2.75) is 39.7 Å². The smallest absolute Gasteiger partial charge is 0.255 e. The first kappa shape index (κ1) is 16.7. The largest absolute Gasteiger partial charge is 0.326 e. The summed E-state index contributed by atoms with van der Waals surface area (Å²) in [5.74, 6) is -0.333. The summed E-state index contributed by atoms with van der Waals surface area (Å²) in [5, 5.41) is 9.80. The Morgan fingerprint density at radius 3 is 2.52 bits per heavy atom. The molecule has 1 aromatic carbocycles. The number of hydrogen-bond donors (Lipinski definition) is 2. The predicted molar refractivity (Wildman–Crippen MR) is 90.5 cm³/mol. The number of carbonyl (C=O) groups is 2. The van der Waals surface area contributed by atoms with Gasteiger partial charge >= 0.3 is 0 Å². The molecule has 0 atom stereocenters. The Bertz CT molecular complexity index is 713. The van der Waals surface area contributed by atoms with E-state index in [1.165, 1.54) is 0 Å². The van der Waals surface area contributed by atoms with Crippen molar-refractivity contribution < 1.29 is 9.59 Å². The molecule has 0 radical (unpaired) electrons. The highest BCUT2D eigenvalue weighted by atomic mass is 16.2. The molecule has 1 heterocycles. The summed E-state index contributed by atoms with van der Waals surface area (Å²) in [6.45, 7) is 7.88. The van der Waals surface area contributed by atoms with Crippen LogP contribution in [0.2, 0.25) is 0 Å². The Balaban J connectivity index is 2.10. The van der Waals surface area contributed by atoms with Crippen LogP contribution in [0.3, 0.4) is 0 Å². The lowest BCUT2D eigenvalue weighted by Gasteiger charge is -2.18. The Morgan fingerprint density at radius 1 is 1.17 bits per heavy atom. The van der Waals surface area contributed by atoms with Crippen LogP contribution >= 0.6 is 0 Å². The van der Waals surface area contributed by atoms with Crippen LogP contribution in [0.15, 0.2) is 36.7 Å². The third kappa shape index (κ3) is 4.42. The molecule has 0 saturated heterocycles. The molecule has 2 rings (SSSR count). The molecule has 0 unspecified atom stereocenters. The summed E-state index contributed by atoms with van der Waals surface area (Å²) < 4.78 is 1.79. The zero-order chi connectivity index (χ0) is 17.0. The zero-order valence-corrected chi connectivity index (χ0v) is 13.9. The maximum atomic E-state index is 12.3. The summed E-state index contributed by atoms with van der Waals surface area (Å²) >= 11 is 0. The molecule has 0 aliphatic rings. The molecule has 1 aromatic heterocycles. The average Bonchev–Trinajstić information content (AvgIpc) is 2.96. The van der Waals surface area contributed by atoms with E-state index >= 15 is 0 Å². The Labute approximate surface area is 135 Å². The van der Waals surface area contributed by atoms with Crippen LogP contribution in [0.5, 0.6) is 0 Å². The van der Waals surface area contributed by atoms with Crippen LogP contribution in [0.4, 0.5) is 11.4 Å². The maximum Gasteiger partial charge on any atom is 0.255 e. The third-order valence-electron chi connectivity index (χ3n) is 3.26. The van der Waals surface area contributed by atoms with Crippen LogP contribution in [0.1, 0.15) is 44.5 Å². The number of amides is 2. The number of hydrogen-bond acceptors (Lipinski definition) is 3. The van der Waals surface area contributed by atoms with E-state index in [4.69, 9.17) is 0 Å². The van der Waals surface area contributed by atoms with E-state index in [1.807, 2.05) is 20.8 Å². The van der Waals surface area contributed by atoms with Crippen LogP contribution in [-0.4, -0.2) is 21.6 Å². The third-order valence-corrected chi connectivity index (χ3v) is 3.26. The molecule has 6 nitrogen and oxygen atoms in total. The molecule has 0 saturated carbocycles. The number of aromatic nitrogens is 2. The first-order chi connectivity index (χ1) is 10.8. The fourth-order valence-electron chi connectivity index (χ4n) is 1.95. The number of nitrogens with zero attached hydrogens (tertiary/aromatic N) is 2. The molecule has 2 N–H and O–H groups in total. The second kappa shape index (κ2) is 6.64. The molecule has 0 fully saturated rings. The SMILES string of the molecule is CCC(=O)Nc1cccc(C(=O)Nc2cnn(C(C)(C)C)c2)c1. The van der Waals surface area contributed by atoms with Crippen molar-refractivity contribution in [3.63, 3.8) is 0 Å². The van der Waals surface area contributed by atoms with Crippen molar-refractivity contribution >= 4 is 23.2 Å². The van der Waals surface area contributed by atoms with Crippen LogP contribution in [-0.2, 0) is 10.3 Å². The van der Waals surface area contributed by atoms with E-state index < -0.39 is 0 Å². The van der Waals surface area contributed by atoms with Gasteiger partial charge in [-0.25, -0.2) is 0 Å². The van der Waals surface area contributed by atoms with Crippen LogP contribution in [0.25, 0.3) is 0 Å². The Kier molecular flexibility index (Phi) is 4.83. The van der Waals surface area contributed by atoms with Crippen LogP contribution < -0.4 is 10.6 Å². The Morgan fingerprint density at radius 2 is 1.91 bits per heavy atom. The quantitative estimate of drug-likeness (QED) is 0.909. The van der Waals surface area contributed by atoms with Gasteiger partial charge in [-0.3, -0.25) is 14.3 Å². The van der Waals surface area contributed by atoms with Gasteiger partial charge in [0.15, 0.2) is 0 Å².